The molecule has 0 aliphatic heterocycles. The van der Waals surface area contributed by atoms with E-state index in [2.05, 4.69) is 45.4 Å². The van der Waals surface area contributed by atoms with E-state index < -0.39 is 0 Å². The molecular weight excluding hydrogens is 330 g/mol. The lowest BCUT2D eigenvalue weighted by Crippen LogP contribution is -2.24. The van der Waals surface area contributed by atoms with E-state index in [1.165, 1.54) is 15.8 Å². The molecule has 1 aromatic heterocycles. The number of aromatic nitrogens is 2. The average molecular weight is 350 g/mol. The van der Waals surface area contributed by atoms with E-state index >= 15 is 0 Å². The Morgan fingerprint density at radius 1 is 1.24 bits per heavy atom. The highest BCUT2D eigenvalue weighted by Crippen LogP contribution is 2.18. The fourth-order valence-electron chi connectivity index (χ4n) is 2.22. The van der Waals surface area contributed by atoms with Gasteiger partial charge in [0.2, 0.25) is 0 Å². The van der Waals surface area contributed by atoms with Gasteiger partial charge in [0.15, 0.2) is 0 Å². The van der Waals surface area contributed by atoms with E-state index in [0.29, 0.717) is 17.6 Å². The normalized spacial score (nSPS) is 10.6. The van der Waals surface area contributed by atoms with Crippen LogP contribution in [0.25, 0.3) is 0 Å². The van der Waals surface area contributed by atoms with Crippen molar-refractivity contribution in [1.82, 2.24) is 9.78 Å². The van der Waals surface area contributed by atoms with Gasteiger partial charge in [0, 0.05) is 13.1 Å². The predicted molar refractivity (Wildman–Crippen MR) is 89.6 cm³/mol. The Hall–Kier alpha value is -1.62. The SMILES string of the molecule is CCCn1ncc(NCc2ccccc2CC)c(Br)c1=O. The lowest BCUT2D eigenvalue weighted by atomic mass is 10.1. The van der Waals surface area contributed by atoms with Crippen LogP contribution < -0.4 is 10.9 Å². The number of anilines is 1. The number of nitrogens with one attached hydrogen (secondary N) is 1. The van der Waals surface area contributed by atoms with Crippen molar-refractivity contribution in [2.24, 2.45) is 0 Å². The number of hydrogen-bond donors (Lipinski definition) is 1. The number of aryl methyl sites for hydroxylation is 2. The summed E-state index contributed by atoms with van der Waals surface area (Å²) < 4.78 is 2.02. The summed E-state index contributed by atoms with van der Waals surface area (Å²) in [5.74, 6) is 0. The number of halogens is 1. The Bertz CT molecular complexity index is 667. The first kappa shape index (κ1) is 15.8. The molecule has 0 spiro atoms. The van der Waals surface area contributed by atoms with Crippen molar-refractivity contribution in [1.29, 1.82) is 0 Å². The Balaban J connectivity index is 2.17. The van der Waals surface area contributed by atoms with Crippen LogP contribution in [0.3, 0.4) is 0 Å². The molecular formula is C16H20BrN3O. The van der Waals surface area contributed by atoms with Crippen LogP contribution in [0, 0.1) is 0 Å². The van der Waals surface area contributed by atoms with Crippen molar-refractivity contribution >= 4 is 21.6 Å². The highest BCUT2D eigenvalue weighted by Gasteiger charge is 2.08. The topological polar surface area (TPSA) is 46.9 Å². The first-order chi connectivity index (χ1) is 10.2. The number of rotatable bonds is 6. The third kappa shape index (κ3) is 3.73. The molecule has 0 unspecified atom stereocenters. The lowest BCUT2D eigenvalue weighted by molar-refractivity contribution is 0.566. The van der Waals surface area contributed by atoms with Gasteiger partial charge in [0.1, 0.15) is 4.47 Å². The van der Waals surface area contributed by atoms with Crippen LogP contribution in [0.4, 0.5) is 5.69 Å². The largest absolute Gasteiger partial charge is 0.379 e. The summed E-state index contributed by atoms with van der Waals surface area (Å²) in [5.41, 5.74) is 3.20. The van der Waals surface area contributed by atoms with Crippen molar-refractivity contribution in [3.8, 4) is 0 Å². The summed E-state index contributed by atoms with van der Waals surface area (Å²) in [6.07, 6.45) is 3.58. The maximum absolute atomic E-state index is 12.1. The molecule has 0 amide bonds. The van der Waals surface area contributed by atoms with Gasteiger partial charge in [-0.15, -0.1) is 0 Å². The Morgan fingerprint density at radius 2 is 1.95 bits per heavy atom. The molecule has 0 bridgehead atoms. The molecule has 0 fully saturated rings. The molecule has 0 atom stereocenters. The van der Waals surface area contributed by atoms with Gasteiger partial charge < -0.3 is 5.32 Å². The van der Waals surface area contributed by atoms with E-state index in [1.807, 2.05) is 19.1 Å². The lowest BCUT2D eigenvalue weighted by Gasteiger charge is -2.12. The molecule has 5 heteroatoms. The molecule has 0 aliphatic rings. The summed E-state index contributed by atoms with van der Waals surface area (Å²) in [5, 5.41) is 7.49. The highest BCUT2D eigenvalue weighted by molar-refractivity contribution is 9.10. The second kappa shape index (κ2) is 7.41. The van der Waals surface area contributed by atoms with E-state index in [4.69, 9.17) is 0 Å². The first-order valence-corrected chi connectivity index (χ1v) is 8.03. The van der Waals surface area contributed by atoms with Gasteiger partial charge in [0.25, 0.3) is 5.56 Å². The third-order valence-electron chi connectivity index (χ3n) is 3.39. The molecule has 2 aromatic rings. The fraction of sp³-hybridized carbons (Fsp3) is 0.375. The zero-order valence-electron chi connectivity index (χ0n) is 12.4. The van der Waals surface area contributed by atoms with Gasteiger partial charge >= 0.3 is 0 Å². The molecule has 0 aliphatic carbocycles. The van der Waals surface area contributed by atoms with Crippen molar-refractivity contribution in [3.63, 3.8) is 0 Å². The molecule has 0 radical (unpaired) electrons. The summed E-state index contributed by atoms with van der Waals surface area (Å²) >= 11 is 3.37. The van der Waals surface area contributed by atoms with E-state index in [9.17, 15) is 4.79 Å². The average Bonchev–Trinajstić information content (AvgIpc) is 2.51. The van der Waals surface area contributed by atoms with Gasteiger partial charge in [0.05, 0.1) is 11.9 Å². The van der Waals surface area contributed by atoms with E-state index in [1.54, 1.807) is 6.20 Å². The van der Waals surface area contributed by atoms with Crippen molar-refractivity contribution < 1.29 is 0 Å². The molecule has 21 heavy (non-hydrogen) atoms. The minimum absolute atomic E-state index is 0.0920. The zero-order valence-corrected chi connectivity index (χ0v) is 14.0. The van der Waals surface area contributed by atoms with Crippen LogP contribution in [0.1, 0.15) is 31.4 Å². The van der Waals surface area contributed by atoms with Crippen LogP contribution in [-0.2, 0) is 19.5 Å². The Labute approximate surface area is 133 Å². The van der Waals surface area contributed by atoms with Crippen LogP contribution in [0.15, 0.2) is 39.7 Å². The van der Waals surface area contributed by atoms with Crippen LogP contribution in [-0.4, -0.2) is 9.78 Å². The third-order valence-corrected chi connectivity index (χ3v) is 4.16. The predicted octanol–water partition coefficient (Wildman–Crippen LogP) is 3.59. The molecule has 2 rings (SSSR count). The van der Waals surface area contributed by atoms with E-state index in [0.717, 1.165) is 18.5 Å². The maximum atomic E-state index is 12.1. The molecule has 1 aromatic carbocycles. The Kier molecular flexibility index (Phi) is 5.56. The molecule has 1 heterocycles. The second-order valence-corrected chi connectivity index (χ2v) is 5.67. The van der Waals surface area contributed by atoms with Gasteiger partial charge in [-0.05, 0) is 39.9 Å². The number of benzene rings is 1. The van der Waals surface area contributed by atoms with Gasteiger partial charge in [-0.25, -0.2) is 4.68 Å². The molecule has 1 N–H and O–H groups in total. The summed E-state index contributed by atoms with van der Waals surface area (Å²) in [4.78, 5) is 12.1. The van der Waals surface area contributed by atoms with Gasteiger partial charge in [-0.2, -0.15) is 5.10 Å². The van der Waals surface area contributed by atoms with Gasteiger partial charge in [-0.1, -0.05) is 38.1 Å². The molecule has 0 saturated heterocycles. The fourth-order valence-corrected chi connectivity index (χ4v) is 2.67. The molecule has 112 valence electrons. The Morgan fingerprint density at radius 3 is 2.62 bits per heavy atom. The zero-order chi connectivity index (χ0) is 15.2. The van der Waals surface area contributed by atoms with Crippen LogP contribution in [0.2, 0.25) is 0 Å². The maximum Gasteiger partial charge on any atom is 0.283 e. The quantitative estimate of drug-likeness (QED) is 0.866. The monoisotopic (exact) mass is 349 g/mol. The van der Waals surface area contributed by atoms with Crippen LogP contribution >= 0.6 is 15.9 Å². The second-order valence-electron chi connectivity index (χ2n) is 4.88. The minimum atomic E-state index is -0.0920. The number of hydrogen-bond acceptors (Lipinski definition) is 3. The molecule has 0 saturated carbocycles. The number of nitrogens with zero attached hydrogens (tertiary/aromatic N) is 2. The molecule has 4 nitrogen and oxygen atoms in total. The van der Waals surface area contributed by atoms with Gasteiger partial charge in [-0.3, -0.25) is 4.79 Å². The summed E-state index contributed by atoms with van der Waals surface area (Å²) in [6, 6.07) is 8.31. The minimum Gasteiger partial charge on any atom is -0.379 e. The van der Waals surface area contributed by atoms with Crippen molar-refractivity contribution in [2.45, 2.75) is 39.8 Å². The summed E-state index contributed by atoms with van der Waals surface area (Å²) in [6.45, 7) is 5.48. The van der Waals surface area contributed by atoms with Crippen LogP contribution in [0.5, 0.6) is 0 Å². The standard InChI is InChI=1S/C16H20BrN3O/c1-3-9-20-16(21)15(17)14(11-19-20)18-10-13-8-6-5-7-12(13)4-2/h5-8,11,18H,3-4,9-10H2,1-2H3. The van der Waals surface area contributed by atoms with Crippen molar-refractivity contribution in [3.05, 3.63) is 56.4 Å². The highest BCUT2D eigenvalue weighted by atomic mass is 79.9. The van der Waals surface area contributed by atoms with E-state index in [-0.39, 0.29) is 5.56 Å². The van der Waals surface area contributed by atoms with Crippen molar-refractivity contribution in [2.75, 3.05) is 5.32 Å². The summed E-state index contributed by atoms with van der Waals surface area (Å²) in [7, 11) is 0. The first-order valence-electron chi connectivity index (χ1n) is 7.23. The smallest absolute Gasteiger partial charge is 0.283 e.